The number of nitrogens with zero attached hydrogens (tertiary/aromatic N) is 4. The van der Waals surface area contributed by atoms with Gasteiger partial charge in [0.2, 0.25) is 0 Å². The molecular weight excluding hydrogens is 320 g/mol. The molecule has 0 aliphatic heterocycles. The topological polar surface area (TPSA) is 74.4 Å². The van der Waals surface area contributed by atoms with Crippen LogP contribution >= 0.6 is 11.6 Å². The number of imidazole rings is 1. The Morgan fingerprint density at radius 3 is 2.48 bits per heavy atom. The molecule has 0 radical (unpaired) electrons. The summed E-state index contributed by atoms with van der Waals surface area (Å²) in [6, 6.07) is 7.14. The van der Waals surface area contributed by atoms with Crippen LogP contribution in [0.25, 0.3) is 28.3 Å². The molecule has 0 unspecified atom stereocenters. The maximum atomic E-state index is 12.4. The second-order valence-corrected chi connectivity index (χ2v) is 5.68. The van der Waals surface area contributed by atoms with Gasteiger partial charge in [0.05, 0.1) is 6.20 Å². The summed E-state index contributed by atoms with van der Waals surface area (Å²) in [5.41, 5.74) is 0.558. The standard InChI is InChI=1S/C15H11ClN4O3/c1-18-12-11(13(21)19(2)15(18)22)20-7-10(23-14(20)17-12)8-3-5-9(16)6-4-8/h3-7H,1-2H3. The van der Waals surface area contributed by atoms with Gasteiger partial charge in [-0.2, -0.15) is 4.98 Å². The fraction of sp³-hybridized carbons (Fsp3) is 0.133. The highest BCUT2D eigenvalue weighted by Crippen LogP contribution is 2.25. The molecule has 7 nitrogen and oxygen atoms in total. The Labute approximate surface area is 134 Å². The number of aryl methyl sites for hydroxylation is 1. The lowest BCUT2D eigenvalue weighted by atomic mass is 10.2. The first-order chi connectivity index (χ1) is 11.0. The van der Waals surface area contributed by atoms with E-state index in [4.69, 9.17) is 16.0 Å². The zero-order valence-corrected chi connectivity index (χ0v) is 13.0. The quantitative estimate of drug-likeness (QED) is 0.533. The third kappa shape index (κ3) is 1.86. The fourth-order valence-corrected chi connectivity index (χ4v) is 2.70. The summed E-state index contributed by atoms with van der Waals surface area (Å²) in [6.45, 7) is 0. The Morgan fingerprint density at radius 1 is 1.09 bits per heavy atom. The third-order valence-corrected chi connectivity index (χ3v) is 4.09. The molecule has 1 aromatic carbocycles. The van der Waals surface area contributed by atoms with Crippen molar-refractivity contribution < 1.29 is 4.42 Å². The van der Waals surface area contributed by atoms with Crippen molar-refractivity contribution in [1.29, 1.82) is 0 Å². The number of benzene rings is 1. The van der Waals surface area contributed by atoms with Crippen LogP contribution < -0.4 is 11.2 Å². The molecule has 3 aromatic heterocycles. The molecule has 0 aliphatic rings. The summed E-state index contributed by atoms with van der Waals surface area (Å²) in [4.78, 5) is 28.6. The van der Waals surface area contributed by atoms with Gasteiger partial charge in [-0.3, -0.25) is 18.3 Å². The molecule has 0 aliphatic carbocycles. The van der Waals surface area contributed by atoms with E-state index in [1.54, 1.807) is 29.8 Å². The maximum Gasteiger partial charge on any atom is 0.332 e. The molecule has 0 atom stereocenters. The van der Waals surface area contributed by atoms with Crippen LogP contribution in [-0.2, 0) is 14.1 Å². The first kappa shape index (κ1) is 13.8. The van der Waals surface area contributed by atoms with Crippen molar-refractivity contribution in [3.63, 3.8) is 0 Å². The van der Waals surface area contributed by atoms with Crippen molar-refractivity contribution in [2.45, 2.75) is 0 Å². The Hall–Kier alpha value is -2.80. The zero-order chi connectivity index (χ0) is 16.3. The molecule has 0 amide bonds. The summed E-state index contributed by atoms with van der Waals surface area (Å²) in [6.07, 6.45) is 1.68. The van der Waals surface area contributed by atoms with Gasteiger partial charge in [0, 0.05) is 24.7 Å². The number of halogens is 1. The van der Waals surface area contributed by atoms with Crippen LogP contribution in [-0.4, -0.2) is 18.5 Å². The predicted molar refractivity (Wildman–Crippen MR) is 85.9 cm³/mol. The zero-order valence-electron chi connectivity index (χ0n) is 12.3. The van der Waals surface area contributed by atoms with Gasteiger partial charge >= 0.3 is 11.5 Å². The van der Waals surface area contributed by atoms with Gasteiger partial charge in [-0.25, -0.2) is 4.79 Å². The van der Waals surface area contributed by atoms with E-state index in [9.17, 15) is 9.59 Å². The lowest BCUT2D eigenvalue weighted by Gasteiger charge is -2.02. The molecule has 4 aromatic rings. The van der Waals surface area contributed by atoms with Gasteiger partial charge in [-0.05, 0) is 24.3 Å². The minimum atomic E-state index is -0.429. The normalized spacial score (nSPS) is 11.6. The van der Waals surface area contributed by atoms with Gasteiger partial charge in [-0.1, -0.05) is 11.6 Å². The van der Waals surface area contributed by atoms with Gasteiger partial charge in [0.25, 0.3) is 5.56 Å². The molecule has 0 bridgehead atoms. The van der Waals surface area contributed by atoms with Gasteiger partial charge in [0.15, 0.2) is 16.9 Å². The van der Waals surface area contributed by atoms with Crippen LogP contribution in [0.1, 0.15) is 0 Å². The molecule has 116 valence electrons. The summed E-state index contributed by atoms with van der Waals surface area (Å²) in [7, 11) is 3.00. The monoisotopic (exact) mass is 330 g/mol. The number of oxazole rings is 1. The number of fused-ring (bicyclic) bond motifs is 3. The number of hydrogen-bond donors (Lipinski definition) is 0. The lowest BCUT2D eigenvalue weighted by Crippen LogP contribution is -2.37. The van der Waals surface area contributed by atoms with Crippen molar-refractivity contribution in [2.24, 2.45) is 14.1 Å². The van der Waals surface area contributed by atoms with E-state index in [1.165, 1.54) is 11.6 Å². The van der Waals surface area contributed by atoms with E-state index >= 15 is 0 Å². The van der Waals surface area contributed by atoms with E-state index < -0.39 is 11.2 Å². The van der Waals surface area contributed by atoms with Crippen molar-refractivity contribution in [2.75, 3.05) is 0 Å². The molecule has 8 heteroatoms. The molecular formula is C15H11ClN4O3. The van der Waals surface area contributed by atoms with Crippen LogP contribution in [0.2, 0.25) is 5.02 Å². The molecule has 3 heterocycles. The predicted octanol–water partition coefficient (Wildman–Crippen LogP) is 1.80. The van der Waals surface area contributed by atoms with Crippen molar-refractivity contribution in [1.82, 2.24) is 18.5 Å². The van der Waals surface area contributed by atoms with E-state index in [-0.39, 0.29) is 5.84 Å². The molecule has 4 rings (SSSR count). The summed E-state index contributed by atoms with van der Waals surface area (Å²) in [5.74, 6) is 0.810. The number of rotatable bonds is 1. The first-order valence-electron chi connectivity index (χ1n) is 6.81. The fourth-order valence-electron chi connectivity index (χ4n) is 2.58. The van der Waals surface area contributed by atoms with Crippen LogP contribution in [0, 0.1) is 0 Å². The number of hydrogen-bond acceptors (Lipinski definition) is 4. The Balaban J connectivity index is 2.06. The van der Waals surface area contributed by atoms with Crippen molar-refractivity contribution in [3.05, 3.63) is 56.3 Å². The van der Waals surface area contributed by atoms with Crippen LogP contribution in [0.5, 0.6) is 0 Å². The SMILES string of the molecule is Cn1c(=O)c2c(nc3oc(-c4ccc(Cl)cc4)cn32)n(C)c1=O. The second-order valence-electron chi connectivity index (χ2n) is 5.24. The van der Waals surface area contributed by atoms with Crippen molar-refractivity contribution >= 4 is 28.6 Å². The van der Waals surface area contributed by atoms with E-state index in [0.717, 1.165) is 10.1 Å². The molecule has 0 saturated carbocycles. The summed E-state index contributed by atoms with van der Waals surface area (Å²) >= 11 is 5.88. The average molecular weight is 331 g/mol. The summed E-state index contributed by atoms with van der Waals surface area (Å²) in [5, 5.41) is 0.624. The smallest absolute Gasteiger partial charge is 0.332 e. The van der Waals surface area contributed by atoms with E-state index in [0.29, 0.717) is 21.9 Å². The van der Waals surface area contributed by atoms with Crippen LogP contribution in [0.4, 0.5) is 0 Å². The molecule has 0 N–H and O–H groups in total. The van der Waals surface area contributed by atoms with Gasteiger partial charge in [-0.15, -0.1) is 0 Å². The Morgan fingerprint density at radius 2 is 1.78 bits per heavy atom. The van der Waals surface area contributed by atoms with E-state index in [2.05, 4.69) is 4.98 Å². The third-order valence-electron chi connectivity index (χ3n) is 3.84. The highest BCUT2D eigenvalue weighted by Gasteiger charge is 2.18. The Bertz CT molecular complexity index is 1180. The molecule has 0 spiro atoms. The van der Waals surface area contributed by atoms with Crippen LogP contribution in [0.15, 0.2) is 44.5 Å². The minimum Gasteiger partial charge on any atom is -0.423 e. The van der Waals surface area contributed by atoms with Crippen LogP contribution in [0.3, 0.4) is 0 Å². The summed E-state index contributed by atoms with van der Waals surface area (Å²) < 4.78 is 9.64. The lowest BCUT2D eigenvalue weighted by molar-refractivity contribution is 0.610. The average Bonchev–Trinajstić information content (AvgIpc) is 3.09. The molecule has 0 fully saturated rings. The molecule has 23 heavy (non-hydrogen) atoms. The van der Waals surface area contributed by atoms with Gasteiger partial charge < -0.3 is 4.42 Å². The minimum absolute atomic E-state index is 0.253. The largest absolute Gasteiger partial charge is 0.423 e. The van der Waals surface area contributed by atoms with Crippen molar-refractivity contribution in [3.8, 4) is 11.3 Å². The van der Waals surface area contributed by atoms with E-state index in [1.807, 2.05) is 12.1 Å². The molecule has 0 saturated heterocycles. The Kier molecular flexibility index (Phi) is 2.76. The van der Waals surface area contributed by atoms with Gasteiger partial charge in [0.1, 0.15) is 0 Å². The first-order valence-corrected chi connectivity index (χ1v) is 7.18. The highest BCUT2D eigenvalue weighted by atomic mass is 35.5. The highest BCUT2D eigenvalue weighted by molar-refractivity contribution is 6.30. The second kappa shape index (κ2) is 4.60. The number of aromatic nitrogens is 4. The maximum absolute atomic E-state index is 12.4.